The van der Waals surface area contributed by atoms with Gasteiger partial charge in [0.25, 0.3) is 0 Å². The molecule has 2 aliphatic rings. The van der Waals surface area contributed by atoms with Crippen LogP contribution < -0.4 is 0 Å². The molecule has 0 amide bonds. The first-order valence-corrected chi connectivity index (χ1v) is 16.0. The van der Waals surface area contributed by atoms with Crippen molar-refractivity contribution in [2.24, 2.45) is 0 Å². The van der Waals surface area contributed by atoms with Crippen molar-refractivity contribution in [3.63, 3.8) is 0 Å². The number of hydrogen-bond donors (Lipinski definition) is 0. The van der Waals surface area contributed by atoms with Gasteiger partial charge in [-0.25, -0.2) is 0 Å². The maximum absolute atomic E-state index is 9.43. The van der Waals surface area contributed by atoms with Gasteiger partial charge in [0.2, 0.25) is 0 Å². The van der Waals surface area contributed by atoms with E-state index in [0.717, 1.165) is 16.8 Å². The minimum atomic E-state index is -0.442. The fourth-order valence-corrected chi connectivity index (χ4v) is 8.47. The Morgan fingerprint density at radius 2 is 1.09 bits per heavy atom. The highest BCUT2D eigenvalue weighted by atomic mass is 14.7. The molecule has 0 saturated carbocycles. The van der Waals surface area contributed by atoms with Crippen molar-refractivity contribution >= 4 is 21.5 Å². The Kier molecular flexibility index (Phi) is 5.30. The van der Waals surface area contributed by atoms with Crippen LogP contribution in [0.15, 0.2) is 158 Å². The number of nitrogens with zero attached hydrogens (tertiary/aromatic N) is 2. The zero-order valence-corrected chi connectivity index (χ0v) is 25.4. The molecule has 8 aromatic rings. The Morgan fingerprint density at radius 1 is 0.468 bits per heavy atom. The van der Waals surface area contributed by atoms with Crippen molar-refractivity contribution in [3.8, 4) is 50.7 Å². The van der Waals surface area contributed by atoms with Crippen molar-refractivity contribution in [3.05, 3.63) is 186 Å². The lowest BCUT2D eigenvalue weighted by molar-refractivity contribution is 0.795. The third-order valence-electron chi connectivity index (χ3n) is 10.4. The summed E-state index contributed by atoms with van der Waals surface area (Å²) in [7, 11) is 0. The van der Waals surface area contributed by atoms with Gasteiger partial charge in [-0.3, -0.25) is 4.98 Å². The third-order valence-corrected chi connectivity index (χ3v) is 10.4. The van der Waals surface area contributed by atoms with Gasteiger partial charge in [-0.2, -0.15) is 5.26 Å². The van der Waals surface area contributed by atoms with E-state index in [1.165, 1.54) is 71.6 Å². The van der Waals surface area contributed by atoms with Crippen molar-refractivity contribution in [1.82, 2.24) is 4.98 Å². The maximum atomic E-state index is 9.43. The van der Waals surface area contributed by atoms with E-state index >= 15 is 0 Å². The summed E-state index contributed by atoms with van der Waals surface area (Å²) in [6, 6.07) is 57.4. The van der Waals surface area contributed by atoms with E-state index in [1.54, 1.807) is 12.3 Å². The summed E-state index contributed by atoms with van der Waals surface area (Å²) in [6.07, 6.45) is 1.70. The average Bonchev–Trinajstić information content (AvgIpc) is 3.62. The van der Waals surface area contributed by atoms with Gasteiger partial charge in [-0.15, -0.1) is 0 Å². The summed E-state index contributed by atoms with van der Waals surface area (Å²) >= 11 is 0. The van der Waals surface area contributed by atoms with E-state index in [-0.39, 0.29) is 0 Å². The topological polar surface area (TPSA) is 36.7 Å². The van der Waals surface area contributed by atoms with Crippen LogP contribution in [0, 0.1) is 11.3 Å². The predicted octanol–water partition coefficient (Wildman–Crippen LogP) is 10.9. The number of rotatable bonds is 2. The molecule has 1 spiro atoms. The molecule has 0 fully saturated rings. The van der Waals surface area contributed by atoms with Crippen LogP contribution >= 0.6 is 0 Å². The minimum Gasteiger partial charge on any atom is -0.256 e. The monoisotopic (exact) mass is 594 g/mol. The second-order valence-electron chi connectivity index (χ2n) is 12.6. The molecule has 1 heterocycles. The molecule has 2 nitrogen and oxygen atoms in total. The molecule has 0 radical (unpaired) electrons. The number of hydrogen-bond acceptors (Lipinski definition) is 2. The molecule has 2 aliphatic carbocycles. The number of benzene rings is 7. The zero-order chi connectivity index (χ0) is 31.1. The maximum Gasteiger partial charge on any atom is 0.0992 e. The first-order valence-electron chi connectivity index (χ1n) is 16.0. The van der Waals surface area contributed by atoms with E-state index in [9.17, 15) is 5.26 Å². The lowest BCUT2D eigenvalue weighted by Crippen LogP contribution is -2.26. The molecular weight excluding hydrogens is 569 g/mol. The lowest BCUT2D eigenvalue weighted by atomic mass is 9.70. The molecule has 0 bridgehead atoms. The molecule has 47 heavy (non-hydrogen) atoms. The molecule has 0 unspecified atom stereocenters. The highest BCUT2D eigenvalue weighted by molar-refractivity contribution is 6.16. The Hall–Kier alpha value is -6.30. The molecule has 216 valence electrons. The fourth-order valence-electron chi connectivity index (χ4n) is 8.47. The van der Waals surface area contributed by atoms with Crippen LogP contribution in [-0.2, 0) is 5.41 Å². The van der Waals surface area contributed by atoms with Gasteiger partial charge >= 0.3 is 0 Å². The first kappa shape index (κ1) is 26.0. The van der Waals surface area contributed by atoms with E-state index < -0.39 is 5.41 Å². The van der Waals surface area contributed by atoms with Gasteiger partial charge < -0.3 is 0 Å². The molecule has 10 rings (SSSR count). The SMILES string of the molecule is N#Cc1ccnc(-c2ccc(-c3cc4c(c5ccccc35)-c3c(ccc5ccccc35)C43c4ccccc4-c4ccccc43)cc2)c1. The first-order chi connectivity index (χ1) is 23.3. The quantitative estimate of drug-likeness (QED) is 0.200. The standard InChI is InChI=1S/C45H26N2/c46-27-28-23-24-47-42(25-28)31-19-17-30(18-20-31)37-26-41-44(36-14-4-3-11-33(36)37)43-32-10-2-1-9-29(32)21-22-40(43)45(41)38-15-7-5-12-34(38)35-13-6-8-16-39(35)45/h1-26H. The highest BCUT2D eigenvalue weighted by Crippen LogP contribution is 2.65. The van der Waals surface area contributed by atoms with E-state index in [4.69, 9.17) is 0 Å². The van der Waals surface area contributed by atoms with E-state index in [1.807, 2.05) is 6.07 Å². The predicted molar refractivity (Wildman–Crippen MR) is 191 cm³/mol. The average molecular weight is 595 g/mol. The van der Waals surface area contributed by atoms with Gasteiger partial charge in [-0.1, -0.05) is 133 Å². The summed E-state index contributed by atoms with van der Waals surface area (Å²) in [4.78, 5) is 4.54. The summed E-state index contributed by atoms with van der Waals surface area (Å²) in [5.74, 6) is 0. The molecular formula is C45H26N2. The molecule has 0 atom stereocenters. The minimum absolute atomic E-state index is 0.442. The van der Waals surface area contributed by atoms with E-state index in [0.29, 0.717) is 5.56 Å². The van der Waals surface area contributed by atoms with Crippen LogP contribution in [0.3, 0.4) is 0 Å². The number of pyridine rings is 1. The van der Waals surface area contributed by atoms with Gasteiger partial charge in [0.1, 0.15) is 0 Å². The summed E-state index contributed by atoms with van der Waals surface area (Å²) in [5, 5.41) is 14.5. The highest BCUT2D eigenvalue weighted by Gasteiger charge is 2.52. The van der Waals surface area contributed by atoms with Gasteiger partial charge in [0.15, 0.2) is 0 Å². The summed E-state index contributed by atoms with van der Waals surface area (Å²) < 4.78 is 0. The van der Waals surface area contributed by atoms with E-state index in [2.05, 4.69) is 151 Å². The third kappa shape index (κ3) is 3.41. The van der Waals surface area contributed by atoms with Crippen LogP contribution in [0.1, 0.15) is 27.8 Å². The summed E-state index contributed by atoms with van der Waals surface area (Å²) in [5.41, 5.74) is 15.0. The molecule has 7 aromatic carbocycles. The Bertz CT molecular complexity index is 2590. The van der Waals surface area contributed by atoms with Gasteiger partial charge in [-0.05, 0) is 95.4 Å². The number of aromatic nitrogens is 1. The van der Waals surface area contributed by atoms with Crippen molar-refractivity contribution in [2.75, 3.05) is 0 Å². The molecule has 0 aliphatic heterocycles. The van der Waals surface area contributed by atoms with Crippen LogP contribution in [0.5, 0.6) is 0 Å². The smallest absolute Gasteiger partial charge is 0.0992 e. The lowest BCUT2D eigenvalue weighted by Gasteiger charge is -2.31. The number of nitriles is 1. The second-order valence-corrected chi connectivity index (χ2v) is 12.6. The molecule has 0 saturated heterocycles. The molecule has 2 heteroatoms. The van der Waals surface area contributed by atoms with Gasteiger partial charge in [0, 0.05) is 11.8 Å². The van der Waals surface area contributed by atoms with Crippen LogP contribution in [0.2, 0.25) is 0 Å². The van der Waals surface area contributed by atoms with Crippen molar-refractivity contribution in [1.29, 1.82) is 5.26 Å². The molecule has 1 aromatic heterocycles. The number of fused-ring (bicyclic) bond motifs is 14. The van der Waals surface area contributed by atoms with Crippen molar-refractivity contribution < 1.29 is 0 Å². The Labute approximate surface area is 272 Å². The largest absolute Gasteiger partial charge is 0.256 e. The van der Waals surface area contributed by atoms with Crippen LogP contribution in [0.25, 0.3) is 66.2 Å². The normalized spacial score (nSPS) is 13.3. The molecule has 0 N–H and O–H groups in total. The van der Waals surface area contributed by atoms with Crippen LogP contribution in [-0.4, -0.2) is 4.98 Å². The second kappa shape index (κ2) is 9.60. The zero-order valence-electron chi connectivity index (χ0n) is 25.4. The van der Waals surface area contributed by atoms with Gasteiger partial charge in [0.05, 0.1) is 22.7 Å². The fraction of sp³-hybridized carbons (Fsp3) is 0.0222. The van der Waals surface area contributed by atoms with Crippen molar-refractivity contribution in [2.45, 2.75) is 5.41 Å². The summed E-state index contributed by atoms with van der Waals surface area (Å²) in [6.45, 7) is 0. The Morgan fingerprint density at radius 3 is 1.83 bits per heavy atom. The Balaban J connectivity index is 1.32. The van der Waals surface area contributed by atoms with Crippen LogP contribution in [0.4, 0.5) is 0 Å².